The number of aromatic nitrogens is 2. The van der Waals surface area contributed by atoms with Gasteiger partial charge >= 0.3 is 0 Å². The third-order valence-electron chi connectivity index (χ3n) is 2.23. The van der Waals surface area contributed by atoms with Crippen LogP contribution in [0.4, 0.5) is 5.82 Å². The molecule has 0 amide bonds. The Morgan fingerprint density at radius 1 is 1.50 bits per heavy atom. The van der Waals surface area contributed by atoms with Gasteiger partial charge in [0.25, 0.3) is 0 Å². The zero-order valence-corrected chi connectivity index (χ0v) is 8.58. The summed E-state index contributed by atoms with van der Waals surface area (Å²) in [5.74, 6) is 2.99. The highest BCUT2D eigenvalue weighted by Gasteiger charge is 2.27. The standard InChI is InChI=1S/C10H15N3O/c1-3-11-8-6-9(14-2)13-10(12-8)7-4-5-7/h6-7H,3-5H2,1-2H3,(H,11,12,13). The first-order valence-electron chi connectivity index (χ1n) is 5.00. The van der Waals surface area contributed by atoms with Gasteiger partial charge in [-0.1, -0.05) is 0 Å². The van der Waals surface area contributed by atoms with E-state index in [1.54, 1.807) is 7.11 Å². The molecule has 1 aromatic rings. The number of nitrogens with one attached hydrogen (secondary N) is 1. The van der Waals surface area contributed by atoms with Crippen molar-refractivity contribution in [1.29, 1.82) is 0 Å². The van der Waals surface area contributed by atoms with Crippen molar-refractivity contribution >= 4 is 5.82 Å². The van der Waals surface area contributed by atoms with Crippen molar-refractivity contribution in [2.24, 2.45) is 0 Å². The van der Waals surface area contributed by atoms with Crippen LogP contribution in [0, 0.1) is 0 Å². The predicted octanol–water partition coefficient (Wildman–Crippen LogP) is 1.79. The Bertz CT molecular complexity index is 323. The minimum Gasteiger partial charge on any atom is -0.481 e. The summed E-state index contributed by atoms with van der Waals surface area (Å²) in [4.78, 5) is 8.75. The number of anilines is 1. The largest absolute Gasteiger partial charge is 0.481 e. The zero-order chi connectivity index (χ0) is 9.97. The van der Waals surface area contributed by atoms with Gasteiger partial charge in [0.05, 0.1) is 7.11 Å². The van der Waals surface area contributed by atoms with Gasteiger partial charge in [0.15, 0.2) is 0 Å². The molecule has 14 heavy (non-hydrogen) atoms. The van der Waals surface area contributed by atoms with Crippen molar-refractivity contribution in [3.63, 3.8) is 0 Å². The van der Waals surface area contributed by atoms with Gasteiger partial charge in [-0.25, -0.2) is 4.98 Å². The van der Waals surface area contributed by atoms with E-state index in [2.05, 4.69) is 15.3 Å². The number of nitrogens with zero attached hydrogens (tertiary/aromatic N) is 2. The van der Waals surface area contributed by atoms with E-state index in [1.807, 2.05) is 13.0 Å². The van der Waals surface area contributed by atoms with Crippen molar-refractivity contribution in [3.05, 3.63) is 11.9 Å². The fraction of sp³-hybridized carbons (Fsp3) is 0.600. The van der Waals surface area contributed by atoms with E-state index in [0.29, 0.717) is 11.8 Å². The van der Waals surface area contributed by atoms with Crippen LogP contribution in [0.5, 0.6) is 5.88 Å². The fourth-order valence-corrected chi connectivity index (χ4v) is 1.34. The van der Waals surface area contributed by atoms with E-state index < -0.39 is 0 Å². The maximum absolute atomic E-state index is 5.13. The van der Waals surface area contributed by atoms with Crippen LogP contribution in [0.2, 0.25) is 0 Å². The van der Waals surface area contributed by atoms with E-state index in [0.717, 1.165) is 18.2 Å². The lowest BCUT2D eigenvalue weighted by Crippen LogP contribution is -2.04. The number of hydrogen-bond donors (Lipinski definition) is 1. The third-order valence-corrected chi connectivity index (χ3v) is 2.23. The van der Waals surface area contributed by atoms with E-state index in [4.69, 9.17) is 4.74 Å². The zero-order valence-electron chi connectivity index (χ0n) is 8.58. The molecule has 0 saturated heterocycles. The molecule has 4 heteroatoms. The second kappa shape index (κ2) is 3.82. The van der Waals surface area contributed by atoms with Gasteiger partial charge in [-0.15, -0.1) is 0 Å². The van der Waals surface area contributed by atoms with Crippen molar-refractivity contribution in [3.8, 4) is 5.88 Å². The molecule has 1 aliphatic carbocycles. The molecule has 0 bridgehead atoms. The van der Waals surface area contributed by atoms with Gasteiger partial charge in [0.2, 0.25) is 5.88 Å². The molecule has 76 valence electrons. The Hall–Kier alpha value is -1.32. The Labute approximate surface area is 83.7 Å². The normalized spacial score (nSPS) is 15.3. The van der Waals surface area contributed by atoms with Gasteiger partial charge in [-0.05, 0) is 19.8 Å². The summed E-state index contributed by atoms with van der Waals surface area (Å²) in [6.45, 7) is 2.91. The molecule has 1 aromatic heterocycles. The van der Waals surface area contributed by atoms with Gasteiger partial charge in [0.1, 0.15) is 11.6 Å². The number of rotatable bonds is 4. The van der Waals surface area contributed by atoms with E-state index in [1.165, 1.54) is 12.8 Å². The number of hydrogen-bond acceptors (Lipinski definition) is 4. The molecule has 1 fully saturated rings. The molecule has 0 aliphatic heterocycles. The average molecular weight is 193 g/mol. The molecule has 1 aliphatic rings. The molecule has 2 rings (SSSR count). The first-order chi connectivity index (χ1) is 6.83. The third kappa shape index (κ3) is 1.95. The quantitative estimate of drug-likeness (QED) is 0.792. The van der Waals surface area contributed by atoms with Gasteiger partial charge in [-0.3, -0.25) is 0 Å². The summed E-state index contributed by atoms with van der Waals surface area (Å²) in [6, 6.07) is 1.83. The molecule has 0 aromatic carbocycles. The molecule has 4 nitrogen and oxygen atoms in total. The Morgan fingerprint density at radius 2 is 2.29 bits per heavy atom. The highest BCUT2D eigenvalue weighted by atomic mass is 16.5. The van der Waals surface area contributed by atoms with Crippen LogP contribution in [0.1, 0.15) is 31.5 Å². The lowest BCUT2D eigenvalue weighted by molar-refractivity contribution is 0.395. The van der Waals surface area contributed by atoms with Crippen LogP contribution < -0.4 is 10.1 Å². The second-order valence-corrected chi connectivity index (χ2v) is 3.46. The molecule has 0 spiro atoms. The van der Waals surface area contributed by atoms with Crippen LogP contribution in [-0.2, 0) is 0 Å². The van der Waals surface area contributed by atoms with E-state index in [-0.39, 0.29) is 0 Å². The highest BCUT2D eigenvalue weighted by Crippen LogP contribution is 2.38. The highest BCUT2D eigenvalue weighted by molar-refractivity contribution is 5.39. The molecular formula is C10H15N3O. The van der Waals surface area contributed by atoms with Crippen LogP contribution in [0.15, 0.2) is 6.07 Å². The number of methoxy groups -OCH3 is 1. The van der Waals surface area contributed by atoms with Crippen LogP contribution in [0.3, 0.4) is 0 Å². The van der Waals surface area contributed by atoms with Crippen LogP contribution >= 0.6 is 0 Å². The summed E-state index contributed by atoms with van der Waals surface area (Å²) >= 11 is 0. The first kappa shape index (κ1) is 9.24. The molecule has 0 radical (unpaired) electrons. The Morgan fingerprint density at radius 3 is 2.86 bits per heavy atom. The molecule has 0 unspecified atom stereocenters. The van der Waals surface area contributed by atoms with Crippen LogP contribution in [-0.4, -0.2) is 23.6 Å². The van der Waals surface area contributed by atoms with Crippen molar-refractivity contribution in [1.82, 2.24) is 9.97 Å². The van der Waals surface area contributed by atoms with E-state index in [9.17, 15) is 0 Å². The minimum atomic E-state index is 0.558. The SMILES string of the molecule is CCNc1cc(OC)nc(C2CC2)n1. The monoisotopic (exact) mass is 193 g/mol. The van der Waals surface area contributed by atoms with E-state index >= 15 is 0 Å². The maximum Gasteiger partial charge on any atom is 0.218 e. The fourth-order valence-electron chi connectivity index (χ4n) is 1.34. The minimum absolute atomic E-state index is 0.558. The van der Waals surface area contributed by atoms with Crippen molar-refractivity contribution in [2.45, 2.75) is 25.7 Å². The van der Waals surface area contributed by atoms with Gasteiger partial charge < -0.3 is 10.1 Å². The van der Waals surface area contributed by atoms with Crippen molar-refractivity contribution < 1.29 is 4.74 Å². The lowest BCUT2D eigenvalue weighted by atomic mass is 10.4. The molecular weight excluding hydrogens is 178 g/mol. The molecule has 1 N–H and O–H groups in total. The summed E-state index contributed by atoms with van der Waals surface area (Å²) in [6.07, 6.45) is 2.41. The summed E-state index contributed by atoms with van der Waals surface area (Å²) < 4.78 is 5.13. The van der Waals surface area contributed by atoms with Gasteiger partial charge in [-0.2, -0.15) is 4.98 Å². The predicted molar refractivity (Wildman–Crippen MR) is 54.7 cm³/mol. The number of ether oxygens (including phenoxy) is 1. The lowest BCUT2D eigenvalue weighted by Gasteiger charge is -2.06. The van der Waals surface area contributed by atoms with Gasteiger partial charge in [0, 0.05) is 18.5 Å². The molecule has 1 saturated carbocycles. The first-order valence-corrected chi connectivity index (χ1v) is 5.00. The Balaban J connectivity index is 2.26. The van der Waals surface area contributed by atoms with Crippen molar-refractivity contribution in [2.75, 3.05) is 19.0 Å². The average Bonchev–Trinajstić information content (AvgIpc) is 3.01. The van der Waals surface area contributed by atoms with Crippen LogP contribution in [0.25, 0.3) is 0 Å². The summed E-state index contributed by atoms with van der Waals surface area (Å²) in [5.41, 5.74) is 0. The topological polar surface area (TPSA) is 47.0 Å². The smallest absolute Gasteiger partial charge is 0.218 e. The molecule has 1 heterocycles. The summed E-state index contributed by atoms with van der Waals surface area (Å²) in [5, 5.41) is 3.17. The Kier molecular flexibility index (Phi) is 2.52. The summed E-state index contributed by atoms with van der Waals surface area (Å²) in [7, 11) is 1.63. The maximum atomic E-state index is 5.13. The molecule has 0 atom stereocenters. The second-order valence-electron chi connectivity index (χ2n) is 3.46.